The van der Waals surface area contributed by atoms with E-state index in [4.69, 9.17) is 4.74 Å². The molecular weight excluding hydrogens is 632 g/mol. The molecule has 0 spiro atoms. The number of Topliss-reactive ketones (excluding diaryl/α,β-unsaturated/α-hetero) is 1. The van der Waals surface area contributed by atoms with Crippen molar-refractivity contribution in [2.24, 2.45) is 0 Å². The summed E-state index contributed by atoms with van der Waals surface area (Å²) in [6.07, 6.45) is -1.38. The topological polar surface area (TPSA) is 116 Å². The molecule has 0 bridgehead atoms. The van der Waals surface area contributed by atoms with E-state index in [1.807, 2.05) is 0 Å². The monoisotopic (exact) mass is 650 g/mol. The van der Waals surface area contributed by atoms with Crippen molar-refractivity contribution >= 4 is 60.9 Å². The third-order valence-electron chi connectivity index (χ3n) is 5.72. The van der Waals surface area contributed by atoms with Crippen LogP contribution in [-0.2, 0) is 4.74 Å². The number of nitro groups is 1. The number of nitro benzene ring substituents is 1. The summed E-state index contributed by atoms with van der Waals surface area (Å²) in [6, 6.07) is 27.0. The molecule has 0 aliphatic rings. The molecule has 8 nitrogen and oxygen atoms in total. The van der Waals surface area contributed by atoms with Crippen LogP contribution in [0.3, 0.4) is 0 Å². The summed E-state index contributed by atoms with van der Waals surface area (Å²) in [6.45, 7) is 0. The highest BCUT2D eigenvalue weighted by atomic mass is 79.9. The number of nitrogens with zero attached hydrogens (tertiary/aromatic N) is 1. The maximum Gasteiger partial charge on any atom is 0.341 e. The molecule has 4 rings (SSSR count). The fourth-order valence-corrected chi connectivity index (χ4v) is 4.64. The number of rotatable bonds is 9. The first-order valence-electron chi connectivity index (χ1n) is 11.6. The molecule has 4 aromatic rings. The Bertz CT molecular complexity index is 1530. The summed E-state index contributed by atoms with van der Waals surface area (Å²) in [5.41, 5.74) is 1.11. The molecule has 1 N–H and O–H groups in total. The second kappa shape index (κ2) is 12.6. The first kappa shape index (κ1) is 27.9. The Labute approximate surface area is 240 Å². The van der Waals surface area contributed by atoms with Crippen molar-refractivity contribution in [2.45, 2.75) is 10.9 Å². The van der Waals surface area contributed by atoms with Gasteiger partial charge in [0, 0.05) is 27.7 Å². The zero-order valence-corrected chi connectivity index (χ0v) is 23.3. The number of alkyl halides is 1. The van der Waals surface area contributed by atoms with Gasteiger partial charge < -0.3 is 10.1 Å². The van der Waals surface area contributed by atoms with Crippen molar-refractivity contribution in [3.8, 4) is 0 Å². The molecule has 0 radical (unpaired) electrons. The third kappa shape index (κ3) is 6.84. The molecule has 196 valence electrons. The number of esters is 1. The Balaban J connectivity index is 1.64. The van der Waals surface area contributed by atoms with Gasteiger partial charge in [0.2, 0.25) is 5.78 Å². The Hall–Kier alpha value is -4.15. The average molecular weight is 652 g/mol. The molecule has 0 fully saturated rings. The second-order valence-corrected chi connectivity index (χ2v) is 10.2. The van der Waals surface area contributed by atoms with Crippen LogP contribution in [0.4, 0.5) is 11.4 Å². The SMILES string of the molecule is O=C(Nc1ccccc1C(=O)O[C@@H](C(=O)c1ccccc1)[C@@H](Br)c1cccc([N+](=O)[O-])c1)c1ccc(Br)cc1. The number of amides is 1. The van der Waals surface area contributed by atoms with Crippen molar-refractivity contribution in [1.82, 2.24) is 0 Å². The lowest BCUT2D eigenvalue weighted by Gasteiger charge is -2.23. The smallest absolute Gasteiger partial charge is 0.341 e. The van der Waals surface area contributed by atoms with Gasteiger partial charge in [0.15, 0.2) is 6.10 Å². The predicted molar refractivity (Wildman–Crippen MR) is 153 cm³/mol. The number of nitrogens with one attached hydrogen (secondary N) is 1. The lowest BCUT2D eigenvalue weighted by Crippen LogP contribution is -2.31. The number of para-hydroxylation sites is 1. The fourth-order valence-electron chi connectivity index (χ4n) is 3.74. The van der Waals surface area contributed by atoms with E-state index in [9.17, 15) is 24.5 Å². The number of non-ortho nitro benzene ring substituents is 1. The Kier molecular flexibility index (Phi) is 9.00. The number of ketones is 1. The number of hydrogen-bond donors (Lipinski definition) is 1. The van der Waals surface area contributed by atoms with Gasteiger partial charge in [-0.1, -0.05) is 86.5 Å². The fraction of sp³-hybridized carbons (Fsp3) is 0.0690. The number of benzene rings is 4. The van der Waals surface area contributed by atoms with E-state index < -0.39 is 33.5 Å². The van der Waals surface area contributed by atoms with Crippen molar-refractivity contribution in [3.63, 3.8) is 0 Å². The van der Waals surface area contributed by atoms with Crippen LogP contribution < -0.4 is 5.32 Å². The summed E-state index contributed by atoms with van der Waals surface area (Å²) in [4.78, 5) is 49.6. The molecule has 39 heavy (non-hydrogen) atoms. The van der Waals surface area contributed by atoms with E-state index in [1.54, 1.807) is 78.9 Å². The lowest BCUT2D eigenvalue weighted by molar-refractivity contribution is -0.384. The highest BCUT2D eigenvalue weighted by Crippen LogP contribution is 2.33. The predicted octanol–water partition coefficient (Wildman–Crippen LogP) is 7.15. The molecule has 0 heterocycles. The van der Waals surface area contributed by atoms with E-state index in [-0.39, 0.29) is 16.9 Å². The number of carbonyl (C=O) groups excluding carboxylic acids is 3. The maximum absolute atomic E-state index is 13.5. The van der Waals surface area contributed by atoms with Crippen LogP contribution in [0, 0.1) is 10.1 Å². The molecule has 10 heteroatoms. The number of ether oxygens (including phenoxy) is 1. The van der Waals surface area contributed by atoms with E-state index in [1.165, 1.54) is 24.3 Å². The molecule has 0 aliphatic heterocycles. The van der Waals surface area contributed by atoms with Crippen molar-refractivity contribution in [1.29, 1.82) is 0 Å². The van der Waals surface area contributed by atoms with Crippen LogP contribution in [0.5, 0.6) is 0 Å². The van der Waals surface area contributed by atoms with Crippen molar-refractivity contribution in [2.75, 3.05) is 5.32 Å². The molecule has 0 saturated heterocycles. The Morgan fingerprint density at radius 3 is 2.18 bits per heavy atom. The summed E-state index contributed by atoms with van der Waals surface area (Å²) in [7, 11) is 0. The molecule has 4 aromatic carbocycles. The zero-order valence-electron chi connectivity index (χ0n) is 20.1. The van der Waals surface area contributed by atoms with Crippen LogP contribution >= 0.6 is 31.9 Å². The molecule has 2 atom stereocenters. The van der Waals surface area contributed by atoms with Gasteiger partial charge in [-0.2, -0.15) is 0 Å². The molecule has 0 unspecified atom stereocenters. The second-order valence-electron chi connectivity index (χ2n) is 8.32. The van der Waals surface area contributed by atoms with Crippen LogP contribution in [0.15, 0.2) is 108 Å². The highest BCUT2D eigenvalue weighted by molar-refractivity contribution is 9.10. The quantitative estimate of drug-likeness (QED) is 0.0675. The largest absolute Gasteiger partial charge is 0.449 e. The first-order chi connectivity index (χ1) is 18.7. The number of hydrogen-bond acceptors (Lipinski definition) is 6. The summed E-state index contributed by atoms with van der Waals surface area (Å²) in [5, 5.41) is 14.0. The number of halogens is 2. The van der Waals surface area contributed by atoms with Gasteiger partial charge >= 0.3 is 5.97 Å². The van der Waals surface area contributed by atoms with E-state index in [2.05, 4.69) is 37.2 Å². The summed E-state index contributed by atoms with van der Waals surface area (Å²) < 4.78 is 6.56. The minimum absolute atomic E-state index is 0.0348. The average Bonchev–Trinajstić information content (AvgIpc) is 2.96. The van der Waals surface area contributed by atoms with Gasteiger partial charge in [-0.05, 0) is 42.0 Å². The van der Waals surface area contributed by atoms with Gasteiger partial charge in [0.25, 0.3) is 11.6 Å². The van der Waals surface area contributed by atoms with Crippen LogP contribution in [-0.4, -0.2) is 28.7 Å². The van der Waals surface area contributed by atoms with Crippen molar-refractivity contribution in [3.05, 3.63) is 140 Å². The molecule has 0 aromatic heterocycles. The van der Waals surface area contributed by atoms with Crippen LogP contribution in [0.25, 0.3) is 0 Å². The van der Waals surface area contributed by atoms with Crippen LogP contribution in [0.2, 0.25) is 0 Å². The summed E-state index contributed by atoms with van der Waals surface area (Å²) >= 11 is 6.76. The zero-order chi connectivity index (χ0) is 27.9. The van der Waals surface area contributed by atoms with Gasteiger partial charge in [-0.25, -0.2) is 4.79 Å². The van der Waals surface area contributed by atoms with E-state index in [0.717, 1.165) is 4.47 Å². The lowest BCUT2D eigenvalue weighted by atomic mass is 9.99. The molecule has 0 saturated carbocycles. The highest BCUT2D eigenvalue weighted by Gasteiger charge is 2.34. The number of anilines is 1. The summed E-state index contributed by atoms with van der Waals surface area (Å²) in [5.74, 6) is -1.80. The molecular formula is C29H20Br2N2O6. The van der Waals surface area contributed by atoms with Gasteiger partial charge in [0.1, 0.15) is 0 Å². The number of carbonyl (C=O) groups is 3. The maximum atomic E-state index is 13.5. The van der Waals surface area contributed by atoms with Crippen molar-refractivity contribution < 1.29 is 24.0 Å². The Morgan fingerprint density at radius 1 is 0.821 bits per heavy atom. The normalized spacial score (nSPS) is 12.2. The molecule has 0 aliphatic carbocycles. The van der Waals surface area contributed by atoms with Gasteiger partial charge in [-0.15, -0.1) is 0 Å². The molecule has 1 amide bonds. The third-order valence-corrected chi connectivity index (χ3v) is 7.26. The standard InChI is InChI=1S/C29H20Br2N2O6/c30-21-15-13-19(14-16-21)28(35)32-24-12-5-4-11-23(24)29(36)39-27(26(34)18-7-2-1-3-8-18)25(31)20-9-6-10-22(17-20)33(37)38/h1-17,25,27H,(H,32,35)/t25-,27+/m0/s1. The van der Waals surface area contributed by atoms with E-state index >= 15 is 0 Å². The minimum Gasteiger partial charge on any atom is -0.449 e. The Morgan fingerprint density at radius 2 is 1.49 bits per heavy atom. The van der Waals surface area contributed by atoms with Gasteiger partial charge in [0.05, 0.1) is 21.0 Å². The van der Waals surface area contributed by atoms with E-state index in [0.29, 0.717) is 16.7 Å². The van der Waals surface area contributed by atoms with Crippen LogP contribution in [0.1, 0.15) is 41.5 Å². The minimum atomic E-state index is -1.38. The first-order valence-corrected chi connectivity index (χ1v) is 13.3. The van der Waals surface area contributed by atoms with Gasteiger partial charge in [-0.3, -0.25) is 19.7 Å².